The summed E-state index contributed by atoms with van der Waals surface area (Å²) in [6, 6.07) is 7.30. The summed E-state index contributed by atoms with van der Waals surface area (Å²) in [4.78, 5) is 6.51. The lowest BCUT2D eigenvalue weighted by atomic mass is 10.0. The van der Waals surface area contributed by atoms with Crippen LogP contribution >= 0.6 is 23.2 Å². The number of benzene rings is 1. The summed E-state index contributed by atoms with van der Waals surface area (Å²) in [5.74, 6) is 1.16. The van der Waals surface area contributed by atoms with Gasteiger partial charge in [0.25, 0.3) is 0 Å². The molecule has 142 valence electrons. The number of nitrogens with zero attached hydrogens (tertiary/aromatic N) is 3. The summed E-state index contributed by atoms with van der Waals surface area (Å²) >= 11 is 12.4. The van der Waals surface area contributed by atoms with E-state index in [0.717, 1.165) is 28.2 Å². The summed E-state index contributed by atoms with van der Waals surface area (Å²) < 4.78 is 25.4. The molecule has 9 heteroatoms. The van der Waals surface area contributed by atoms with Gasteiger partial charge in [-0.3, -0.25) is 4.40 Å². The first-order valence-electron chi connectivity index (χ1n) is 8.49. The van der Waals surface area contributed by atoms with Crippen LogP contribution in [-0.4, -0.2) is 42.4 Å². The molecule has 1 saturated heterocycles. The molecule has 0 saturated carbocycles. The van der Waals surface area contributed by atoms with Crippen LogP contribution in [0.3, 0.4) is 0 Å². The molecule has 3 aromatic rings. The van der Waals surface area contributed by atoms with Crippen molar-refractivity contribution < 1.29 is 8.42 Å². The van der Waals surface area contributed by atoms with Crippen LogP contribution in [0.2, 0.25) is 10.0 Å². The largest absolute Gasteiger partial charge is 0.354 e. The Balaban J connectivity index is 1.83. The summed E-state index contributed by atoms with van der Waals surface area (Å²) in [7, 11) is -2.95. The third kappa shape index (κ3) is 3.52. The number of anilines is 1. The maximum Gasteiger partial charge on any atom is 0.153 e. The fourth-order valence-electron chi connectivity index (χ4n) is 3.35. The van der Waals surface area contributed by atoms with E-state index in [4.69, 9.17) is 28.9 Å². The average molecular weight is 425 g/mol. The summed E-state index contributed by atoms with van der Waals surface area (Å²) in [5.41, 5.74) is 9.37. The number of imidazole rings is 1. The lowest BCUT2D eigenvalue weighted by Gasteiger charge is -2.28. The van der Waals surface area contributed by atoms with Crippen molar-refractivity contribution in [3.63, 3.8) is 0 Å². The van der Waals surface area contributed by atoms with Crippen LogP contribution < -0.4 is 10.6 Å². The Kier molecular flexibility index (Phi) is 4.80. The van der Waals surface area contributed by atoms with E-state index in [0.29, 0.717) is 29.7 Å². The molecule has 0 aliphatic carbocycles. The highest BCUT2D eigenvalue weighted by Gasteiger charge is 2.24. The van der Waals surface area contributed by atoms with Crippen molar-refractivity contribution in [1.82, 2.24) is 9.38 Å². The van der Waals surface area contributed by atoms with E-state index < -0.39 is 9.84 Å². The molecule has 4 rings (SSSR count). The Hall–Kier alpha value is -1.80. The molecular weight excluding hydrogens is 407 g/mol. The van der Waals surface area contributed by atoms with E-state index in [1.165, 1.54) is 0 Å². The molecule has 0 unspecified atom stereocenters. The van der Waals surface area contributed by atoms with Crippen LogP contribution in [0.25, 0.3) is 16.8 Å². The fourth-order valence-corrected chi connectivity index (χ4v) is 5.06. The molecule has 1 aliphatic heterocycles. The molecule has 0 radical (unpaired) electrons. The van der Waals surface area contributed by atoms with Gasteiger partial charge in [0.05, 0.1) is 17.7 Å². The highest BCUT2D eigenvalue weighted by atomic mass is 35.5. The number of nitrogens with two attached hydrogens (primary N) is 1. The van der Waals surface area contributed by atoms with Gasteiger partial charge in [-0.25, -0.2) is 13.4 Å². The predicted octanol–water partition coefficient (Wildman–Crippen LogP) is 3.00. The van der Waals surface area contributed by atoms with Gasteiger partial charge in [-0.05, 0) is 23.8 Å². The van der Waals surface area contributed by atoms with Gasteiger partial charge in [-0.2, -0.15) is 0 Å². The molecule has 1 fully saturated rings. The normalized spacial score (nSPS) is 16.8. The number of fused-ring (bicyclic) bond motifs is 1. The lowest BCUT2D eigenvalue weighted by Crippen LogP contribution is -2.40. The number of hydrogen-bond donors (Lipinski definition) is 1. The van der Waals surface area contributed by atoms with Crippen molar-refractivity contribution in [2.24, 2.45) is 5.73 Å². The first-order valence-corrected chi connectivity index (χ1v) is 11.1. The van der Waals surface area contributed by atoms with Crippen LogP contribution in [0, 0.1) is 0 Å². The van der Waals surface area contributed by atoms with E-state index in [2.05, 4.69) is 4.98 Å². The number of rotatable bonds is 3. The highest BCUT2D eigenvalue weighted by molar-refractivity contribution is 7.91. The van der Waals surface area contributed by atoms with E-state index >= 15 is 0 Å². The van der Waals surface area contributed by atoms with Crippen LogP contribution in [0.15, 0.2) is 36.7 Å². The molecule has 6 nitrogen and oxygen atoms in total. The van der Waals surface area contributed by atoms with Crippen molar-refractivity contribution in [3.05, 3.63) is 52.3 Å². The number of aromatic nitrogens is 2. The van der Waals surface area contributed by atoms with Gasteiger partial charge < -0.3 is 10.6 Å². The first kappa shape index (κ1) is 18.6. The van der Waals surface area contributed by atoms with Crippen molar-refractivity contribution in [2.75, 3.05) is 29.5 Å². The van der Waals surface area contributed by atoms with Crippen LogP contribution in [-0.2, 0) is 16.4 Å². The van der Waals surface area contributed by atoms with Gasteiger partial charge in [0.1, 0.15) is 11.5 Å². The second-order valence-electron chi connectivity index (χ2n) is 6.52. The zero-order chi connectivity index (χ0) is 19.2. The third-order valence-corrected chi connectivity index (χ3v) is 6.98. The molecule has 3 heterocycles. The molecule has 27 heavy (non-hydrogen) atoms. The van der Waals surface area contributed by atoms with Crippen molar-refractivity contribution in [3.8, 4) is 11.1 Å². The number of halogens is 2. The molecule has 0 spiro atoms. The SMILES string of the molecule is NCc1cc2ncc(N3CCS(=O)(=O)CC3)n2cc1-c1ccc(Cl)cc1Cl. The van der Waals surface area contributed by atoms with Gasteiger partial charge in [0.2, 0.25) is 0 Å². The Morgan fingerprint density at radius 2 is 1.85 bits per heavy atom. The monoisotopic (exact) mass is 424 g/mol. The van der Waals surface area contributed by atoms with Gasteiger partial charge >= 0.3 is 0 Å². The molecule has 2 N–H and O–H groups in total. The quantitative estimate of drug-likeness (QED) is 0.698. The maximum atomic E-state index is 11.7. The van der Waals surface area contributed by atoms with Crippen molar-refractivity contribution in [2.45, 2.75) is 6.54 Å². The van der Waals surface area contributed by atoms with Gasteiger partial charge in [-0.1, -0.05) is 29.3 Å². The fraction of sp³-hybridized carbons (Fsp3) is 0.278. The predicted molar refractivity (Wildman–Crippen MR) is 109 cm³/mol. The minimum atomic E-state index is -2.95. The Morgan fingerprint density at radius 3 is 2.52 bits per heavy atom. The minimum Gasteiger partial charge on any atom is -0.354 e. The summed E-state index contributed by atoms with van der Waals surface area (Å²) in [6.07, 6.45) is 3.72. The van der Waals surface area contributed by atoms with Crippen LogP contribution in [0.4, 0.5) is 5.82 Å². The standard InChI is InChI=1S/C18H18Cl2N4O2S/c19-13-1-2-14(16(20)8-13)15-11-24-17(7-12(15)9-21)22-10-18(24)23-3-5-27(25,26)6-4-23/h1-2,7-8,10-11H,3-6,9,21H2. The first-order chi connectivity index (χ1) is 12.9. The number of pyridine rings is 1. The second kappa shape index (κ2) is 6.98. The maximum absolute atomic E-state index is 11.7. The zero-order valence-corrected chi connectivity index (χ0v) is 16.7. The molecule has 0 amide bonds. The topological polar surface area (TPSA) is 80.7 Å². The number of sulfone groups is 1. The zero-order valence-electron chi connectivity index (χ0n) is 14.4. The third-order valence-electron chi connectivity index (χ3n) is 4.82. The molecule has 2 aromatic heterocycles. The van der Waals surface area contributed by atoms with E-state index in [-0.39, 0.29) is 11.5 Å². The number of hydrogen-bond acceptors (Lipinski definition) is 5. The molecule has 1 aromatic carbocycles. The highest BCUT2D eigenvalue weighted by Crippen LogP contribution is 2.34. The van der Waals surface area contributed by atoms with E-state index in [9.17, 15) is 8.42 Å². The van der Waals surface area contributed by atoms with Gasteiger partial charge in [0, 0.05) is 47.0 Å². The summed E-state index contributed by atoms with van der Waals surface area (Å²) in [6.45, 7) is 1.24. The van der Waals surface area contributed by atoms with E-state index in [1.807, 2.05) is 27.6 Å². The molecule has 1 aliphatic rings. The van der Waals surface area contributed by atoms with Crippen molar-refractivity contribution >= 4 is 44.5 Å². The molecule has 0 atom stereocenters. The molecule has 0 bridgehead atoms. The molecular formula is C18H18Cl2N4O2S. The van der Waals surface area contributed by atoms with Crippen LogP contribution in [0.1, 0.15) is 5.56 Å². The lowest BCUT2D eigenvalue weighted by molar-refractivity contribution is 0.586. The van der Waals surface area contributed by atoms with Crippen molar-refractivity contribution in [1.29, 1.82) is 0 Å². The Morgan fingerprint density at radius 1 is 1.11 bits per heavy atom. The van der Waals surface area contributed by atoms with E-state index in [1.54, 1.807) is 18.3 Å². The Bertz CT molecular complexity index is 1110. The summed E-state index contributed by atoms with van der Waals surface area (Å²) in [5, 5.41) is 1.11. The van der Waals surface area contributed by atoms with Gasteiger partial charge in [-0.15, -0.1) is 0 Å². The second-order valence-corrected chi connectivity index (χ2v) is 9.67. The Labute approximate surface area is 167 Å². The average Bonchev–Trinajstić information content (AvgIpc) is 3.03. The van der Waals surface area contributed by atoms with Gasteiger partial charge in [0.15, 0.2) is 9.84 Å². The minimum absolute atomic E-state index is 0.150. The van der Waals surface area contributed by atoms with Crippen LogP contribution in [0.5, 0.6) is 0 Å². The smallest absolute Gasteiger partial charge is 0.153 e.